The highest BCUT2D eigenvalue weighted by Gasteiger charge is 2.37. The van der Waals surface area contributed by atoms with Crippen molar-refractivity contribution in [2.75, 3.05) is 5.32 Å². The molecule has 90 valence electrons. The van der Waals surface area contributed by atoms with Gasteiger partial charge in [0.15, 0.2) is 0 Å². The van der Waals surface area contributed by atoms with Gasteiger partial charge in [0.05, 0.1) is 6.54 Å². The van der Waals surface area contributed by atoms with Crippen LogP contribution in [0.3, 0.4) is 0 Å². The zero-order valence-electron chi connectivity index (χ0n) is 8.53. The maximum absolute atomic E-state index is 12.2. The smallest absolute Gasteiger partial charge is 0.376 e. The first kappa shape index (κ1) is 11.4. The van der Waals surface area contributed by atoms with Gasteiger partial charge in [0.2, 0.25) is 5.89 Å². The zero-order chi connectivity index (χ0) is 12.3. The van der Waals surface area contributed by atoms with Crippen LogP contribution < -0.4 is 5.32 Å². The molecule has 0 aliphatic heterocycles. The summed E-state index contributed by atoms with van der Waals surface area (Å²) in [5, 5.41) is 5.71. The standard InChI is InChI=1S/C10H8F3N3O/c11-10(12,13)9-15-8(17-16-9)6-14-7-4-2-1-3-5-7/h1-5,14H,6H2. The minimum Gasteiger partial charge on any atom is -0.376 e. The Bertz CT molecular complexity index is 481. The van der Waals surface area contributed by atoms with Crippen molar-refractivity contribution >= 4 is 5.69 Å². The summed E-state index contributed by atoms with van der Waals surface area (Å²) in [4.78, 5) is 3.23. The second-order valence-corrected chi connectivity index (χ2v) is 3.23. The molecule has 17 heavy (non-hydrogen) atoms. The highest BCUT2D eigenvalue weighted by atomic mass is 19.4. The monoisotopic (exact) mass is 243 g/mol. The van der Waals surface area contributed by atoms with Crippen molar-refractivity contribution in [3.05, 3.63) is 42.0 Å². The van der Waals surface area contributed by atoms with Crippen molar-refractivity contribution < 1.29 is 17.7 Å². The van der Waals surface area contributed by atoms with E-state index >= 15 is 0 Å². The van der Waals surface area contributed by atoms with Gasteiger partial charge in [-0.1, -0.05) is 23.4 Å². The molecule has 4 nitrogen and oxygen atoms in total. The van der Waals surface area contributed by atoms with E-state index in [0.29, 0.717) is 0 Å². The molecule has 7 heteroatoms. The third-order valence-corrected chi connectivity index (χ3v) is 1.94. The second kappa shape index (κ2) is 4.44. The maximum atomic E-state index is 12.2. The Labute approximate surface area is 94.4 Å². The van der Waals surface area contributed by atoms with Gasteiger partial charge in [0.25, 0.3) is 5.82 Å². The minimum absolute atomic E-state index is 0.0487. The van der Waals surface area contributed by atoms with Crippen LogP contribution in [-0.4, -0.2) is 10.1 Å². The summed E-state index contributed by atoms with van der Waals surface area (Å²) in [5.74, 6) is -1.37. The molecule has 2 aromatic rings. The Kier molecular flexibility index (Phi) is 2.99. The van der Waals surface area contributed by atoms with Crippen molar-refractivity contribution in [2.45, 2.75) is 12.7 Å². The molecule has 0 saturated heterocycles. The highest BCUT2D eigenvalue weighted by Crippen LogP contribution is 2.26. The number of para-hydroxylation sites is 1. The maximum Gasteiger partial charge on any atom is 0.455 e. The summed E-state index contributed by atoms with van der Waals surface area (Å²) in [6.07, 6.45) is -4.57. The van der Waals surface area contributed by atoms with E-state index in [2.05, 4.69) is 20.0 Å². The zero-order valence-corrected chi connectivity index (χ0v) is 8.53. The number of rotatable bonds is 3. The Morgan fingerprint density at radius 3 is 2.47 bits per heavy atom. The molecular weight excluding hydrogens is 235 g/mol. The van der Waals surface area contributed by atoms with Crippen molar-refractivity contribution in [2.24, 2.45) is 0 Å². The summed E-state index contributed by atoms with van der Waals surface area (Å²) < 4.78 is 40.9. The molecule has 0 spiro atoms. The second-order valence-electron chi connectivity index (χ2n) is 3.23. The molecule has 0 atom stereocenters. The third-order valence-electron chi connectivity index (χ3n) is 1.94. The van der Waals surface area contributed by atoms with Gasteiger partial charge in [-0.2, -0.15) is 18.2 Å². The summed E-state index contributed by atoms with van der Waals surface area (Å²) >= 11 is 0. The largest absolute Gasteiger partial charge is 0.455 e. The number of anilines is 1. The lowest BCUT2D eigenvalue weighted by atomic mass is 10.3. The molecule has 0 saturated carbocycles. The fourth-order valence-electron chi connectivity index (χ4n) is 1.18. The van der Waals surface area contributed by atoms with Gasteiger partial charge in [-0.05, 0) is 12.1 Å². The van der Waals surface area contributed by atoms with Crippen LogP contribution in [0.15, 0.2) is 34.9 Å². The number of benzene rings is 1. The molecule has 0 radical (unpaired) electrons. The molecule has 0 aliphatic carbocycles. The number of alkyl halides is 3. The molecule has 1 N–H and O–H groups in total. The molecule has 0 aliphatic rings. The topological polar surface area (TPSA) is 51.0 Å². The summed E-state index contributed by atoms with van der Waals surface area (Å²) in [7, 11) is 0. The van der Waals surface area contributed by atoms with E-state index in [-0.39, 0.29) is 12.4 Å². The van der Waals surface area contributed by atoms with E-state index in [0.717, 1.165) is 5.69 Å². The number of nitrogens with zero attached hydrogens (tertiary/aromatic N) is 2. The number of nitrogens with one attached hydrogen (secondary N) is 1. The fourth-order valence-corrected chi connectivity index (χ4v) is 1.18. The summed E-state index contributed by atoms with van der Waals surface area (Å²) in [5.41, 5.74) is 0.763. The van der Waals surface area contributed by atoms with Gasteiger partial charge in [-0.25, -0.2) is 0 Å². The van der Waals surface area contributed by atoms with E-state index in [1.165, 1.54) is 0 Å². The van der Waals surface area contributed by atoms with E-state index in [1.54, 1.807) is 24.3 Å². The van der Waals surface area contributed by atoms with E-state index in [9.17, 15) is 13.2 Å². The Morgan fingerprint density at radius 1 is 1.18 bits per heavy atom. The average molecular weight is 243 g/mol. The van der Waals surface area contributed by atoms with Crippen LogP contribution >= 0.6 is 0 Å². The Morgan fingerprint density at radius 2 is 1.88 bits per heavy atom. The molecule has 1 aromatic heterocycles. The molecule has 0 fully saturated rings. The first-order chi connectivity index (χ1) is 8.05. The van der Waals surface area contributed by atoms with Crippen LogP contribution in [0, 0.1) is 0 Å². The quantitative estimate of drug-likeness (QED) is 0.900. The van der Waals surface area contributed by atoms with Crippen LogP contribution in [0.5, 0.6) is 0 Å². The van der Waals surface area contributed by atoms with Gasteiger partial charge < -0.3 is 9.84 Å². The van der Waals surface area contributed by atoms with Gasteiger partial charge in [-0.15, -0.1) is 0 Å². The van der Waals surface area contributed by atoms with Crippen molar-refractivity contribution in [3.63, 3.8) is 0 Å². The minimum atomic E-state index is -4.57. The third kappa shape index (κ3) is 2.96. The van der Waals surface area contributed by atoms with E-state index in [1.807, 2.05) is 6.07 Å². The lowest BCUT2D eigenvalue weighted by molar-refractivity contribution is -0.146. The predicted molar refractivity (Wildman–Crippen MR) is 53.1 cm³/mol. The van der Waals surface area contributed by atoms with Crippen LogP contribution in [-0.2, 0) is 12.7 Å². The van der Waals surface area contributed by atoms with E-state index < -0.39 is 12.0 Å². The molecule has 0 unspecified atom stereocenters. The molecule has 0 bridgehead atoms. The van der Waals surface area contributed by atoms with Crippen molar-refractivity contribution in [1.82, 2.24) is 10.1 Å². The summed E-state index contributed by atoms with van der Waals surface area (Å²) in [6, 6.07) is 9.00. The van der Waals surface area contributed by atoms with Gasteiger partial charge in [-0.3, -0.25) is 0 Å². The van der Waals surface area contributed by atoms with Crippen LogP contribution in [0.4, 0.5) is 18.9 Å². The number of hydrogen-bond acceptors (Lipinski definition) is 4. The van der Waals surface area contributed by atoms with Gasteiger partial charge >= 0.3 is 6.18 Å². The first-order valence-electron chi connectivity index (χ1n) is 4.74. The van der Waals surface area contributed by atoms with Crippen LogP contribution in [0.25, 0.3) is 0 Å². The summed E-state index contributed by atoms with van der Waals surface area (Å²) in [6.45, 7) is 0.0487. The molecular formula is C10H8F3N3O. The van der Waals surface area contributed by atoms with E-state index in [4.69, 9.17) is 0 Å². The number of aromatic nitrogens is 2. The fraction of sp³-hybridized carbons (Fsp3) is 0.200. The lowest BCUT2D eigenvalue weighted by Crippen LogP contribution is -2.08. The van der Waals surface area contributed by atoms with Crippen molar-refractivity contribution in [3.8, 4) is 0 Å². The van der Waals surface area contributed by atoms with Crippen LogP contribution in [0.1, 0.15) is 11.7 Å². The normalized spacial score (nSPS) is 11.5. The Balaban J connectivity index is 1.99. The Hall–Kier alpha value is -2.05. The number of hydrogen-bond donors (Lipinski definition) is 1. The highest BCUT2D eigenvalue weighted by molar-refractivity contribution is 5.42. The molecule has 1 aromatic carbocycles. The molecule has 2 rings (SSSR count). The SMILES string of the molecule is FC(F)(F)c1noc(CNc2ccccc2)n1. The average Bonchev–Trinajstić information content (AvgIpc) is 2.76. The van der Waals surface area contributed by atoms with Crippen LogP contribution in [0.2, 0.25) is 0 Å². The molecule has 1 heterocycles. The first-order valence-corrected chi connectivity index (χ1v) is 4.74. The van der Waals surface area contributed by atoms with Crippen molar-refractivity contribution in [1.29, 1.82) is 0 Å². The number of halogens is 3. The predicted octanol–water partition coefficient (Wildman–Crippen LogP) is 2.70. The molecule has 0 amide bonds. The van der Waals surface area contributed by atoms with Gasteiger partial charge in [0.1, 0.15) is 0 Å². The lowest BCUT2D eigenvalue weighted by Gasteiger charge is -2.01. The van der Waals surface area contributed by atoms with Gasteiger partial charge in [0, 0.05) is 5.69 Å².